The summed E-state index contributed by atoms with van der Waals surface area (Å²) in [5, 5.41) is 10.1. The van der Waals surface area contributed by atoms with Crippen molar-refractivity contribution < 1.29 is 4.79 Å². The molecule has 100 valence electrons. The number of hydrogen-bond donors (Lipinski definition) is 2. The maximum Gasteiger partial charge on any atom is 0.238 e. The van der Waals surface area contributed by atoms with Crippen molar-refractivity contribution in [3.8, 4) is 0 Å². The maximum atomic E-state index is 11.6. The summed E-state index contributed by atoms with van der Waals surface area (Å²) in [6.45, 7) is 1.98. The van der Waals surface area contributed by atoms with Crippen LogP contribution in [-0.4, -0.2) is 28.8 Å². The van der Waals surface area contributed by atoms with E-state index >= 15 is 0 Å². The Morgan fingerprint density at radius 1 is 1.21 bits per heavy atom. The van der Waals surface area contributed by atoms with E-state index in [0.29, 0.717) is 6.54 Å². The highest BCUT2D eigenvalue weighted by molar-refractivity contribution is 5.92. The number of nitrogens with one attached hydrogen (secondary N) is 2. The molecule has 19 heavy (non-hydrogen) atoms. The lowest BCUT2D eigenvalue weighted by Crippen LogP contribution is -2.29. The monoisotopic (exact) mass is 258 g/mol. The minimum Gasteiger partial charge on any atom is -0.325 e. The molecule has 2 rings (SSSR count). The molecule has 0 aliphatic heterocycles. The largest absolute Gasteiger partial charge is 0.325 e. The Morgan fingerprint density at radius 2 is 2.05 bits per heavy atom. The first-order valence-electron chi connectivity index (χ1n) is 6.37. The first-order chi connectivity index (χ1) is 9.34. The average molecular weight is 258 g/mol. The van der Waals surface area contributed by atoms with Gasteiger partial charge in [0.25, 0.3) is 0 Å². The molecule has 0 bridgehead atoms. The molecule has 2 aromatic rings. The molecule has 1 heterocycles. The molecule has 0 aliphatic rings. The first-order valence-corrected chi connectivity index (χ1v) is 6.37. The summed E-state index contributed by atoms with van der Waals surface area (Å²) in [7, 11) is 0. The van der Waals surface area contributed by atoms with E-state index in [2.05, 4.69) is 15.7 Å². The molecule has 0 aliphatic carbocycles. The number of benzene rings is 1. The Morgan fingerprint density at radius 3 is 2.79 bits per heavy atom. The van der Waals surface area contributed by atoms with Gasteiger partial charge in [0.1, 0.15) is 0 Å². The lowest BCUT2D eigenvalue weighted by molar-refractivity contribution is -0.115. The van der Waals surface area contributed by atoms with Gasteiger partial charge < -0.3 is 10.6 Å². The number of carbonyl (C=O) groups is 1. The molecule has 0 saturated carbocycles. The van der Waals surface area contributed by atoms with Crippen LogP contribution in [0.15, 0.2) is 48.8 Å². The van der Waals surface area contributed by atoms with Crippen molar-refractivity contribution in [1.82, 2.24) is 15.1 Å². The number of aromatic nitrogens is 2. The second-order valence-corrected chi connectivity index (χ2v) is 4.21. The Bertz CT molecular complexity index is 481. The summed E-state index contributed by atoms with van der Waals surface area (Å²) in [5.41, 5.74) is 0.825. The smallest absolute Gasteiger partial charge is 0.238 e. The second-order valence-electron chi connectivity index (χ2n) is 4.21. The predicted molar refractivity (Wildman–Crippen MR) is 74.8 cm³/mol. The molecule has 1 amide bonds. The molecule has 1 aromatic carbocycles. The second kappa shape index (κ2) is 7.33. The van der Waals surface area contributed by atoms with E-state index < -0.39 is 0 Å². The number of nitrogens with zero attached hydrogens (tertiary/aromatic N) is 2. The van der Waals surface area contributed by atoms with Gasteiger partial charge in [-0.1, -0.05) is 18.2 Å². The van der Waals surface area contributed by atoms with Gasteiger partial charge in [-0.05, 0) is 31.2 Å². The van der Waals surface area contributed by atoms with Crippen molar-refractivity contribution in [2.45, 2.75) is 13.0 Å². The number of amides is 1. The van der Waals surface area contributed by atoms with Crippen LogP contribution in [0.3, 0.4) is 0 Å². The fourth-order valence-electron chi connectivity index (χ4n) is 1.73. The third-order valence-corrected chi connectivity index (χ3v) is 2.64. The molecule has 1 aromatic heterocycles. The fourth-order valence-corrected chi connectivity index (χ4v) is 1.73. The van der Waals surface area contributed by atoms with Crippen LogP contribution in [0, 0.1) is 0 Å². The van der Waals surface area contributed by atoms with E-state index in [1.807, 2.05) is 47.3 Å². The predicted octanol–water partition coefficient (Wildman–Crippen LogP) is 1.50. The molecule has 2 N–H and O–H groups in total. The van der Waals surface area contributed by atoms with E-state index in [1.165, 1.54) is 0 Å². The summed E-state index contributed by atoms with van der Waals surface area (Å²) < 4.78 is 1.88. The topological polar surface area (TPSA) is 59.0 Å². The van der Waals surface area contributed by atoms with Crippen molar-refractivity contribution in [1.29, 1.82) is 0 Å². The minimum atomic E-state index is -0.0229. The quantitative estimate of drug-likeness (QED) is 0.740. The number of aryl methyl sites for hydroxylation is 1. The van der Waals surface area contributed by atoms with Gasteiger partial charge in [-0.15, -0.1) is 0 Å². The standard InChI is InChI=1S/C14H18N4O/c19-14(17-13-6-2-1-3-7-13)12-15-8-4-10-18-11-5-9-16-18/h1-3,5-7,9,11,15H,4,8,10,12H2,(H,17,19). The Balaban J connectivity index is 1.57. The number of carbonyl (C=O) groups excluding carboxylic acids is 1. The molecule has 5 nitrogen and oxygen atoms in total. The van der Waals surface area contributed by atoms with Gasteiger partial charge in [0.15, 0.2) is 0 Å². The summed E-state index contributed by atoms with van der Waals surface area (Å²) in [6.07, 6.45) is 4.64. The van der Waals surface area contributed by atoms with Crippen LogP contribution in [0.25, 0.3) is 0 Å². The zero-order valence-corrected chi connectivity index (χ0v) is 10.7. The van der Waals surface area contributed by atoms with Crippen LogP contribution in [0.5, 0.6) is 0 Å². The molecule has 0 atom stereocenters. The summed E-state index contributed by atoms with van der Waals surface area (Å²) in [4.78, 5) is 11.6. The highest BCUT2D eigenvalue weighted by Gasteiger charge is 2.00. The third-order valence-electron chi connectivity index (χ3n) is 2.64. The number of anilines is 1. The van der Waals surface area contributed by atoms with Crippen molar-refractivity contribution in [3.05, 3.63) is 48.8 Å². The number of para-hydroxylation sites is 1. The van der Waals surface area contributed by atoms with Crippen LogP contribution >= 0.6 is 0 Å². The minimum absolute atomic E-state index is 0.0229. The van der Waals surface area contributed by atoms with Gasteiger partial charge in [-0.25, -0.2) is 0 Å². The zero-order valence-electron chi connectivity index (χ0n) is 10.7. The molecule has 0 spiro atoms. The molecular weight excluding hydrogens is 240 g/mol. The highest BCUT2D eigenvalue weighted by atomic mass is 16.1. The van der Waals surface area contributed by atoms with E-state index in [0.717, 1.165) is 25.2 Å². The summed E-state index contributed by atoms with van der Waals surface area (Å²) in [5.74, 6) is -0.0229. The molecule has 0 radical (unpaired) electrons. The molecule has 0 unspecified atom stereocenters. The van der Waals surface area contributed by atoms with Gasteiger partial charge >= 0.3 is 0 Å². The maximum absolute atomic E-state index is 11.6. The van der Waals surface area contributed by atoms with Gasteiger partial charge in [0.2, 0.25) is 5.91 Å². The number of hydrogen-bond acceptors (Lipinski definition) is 3. The lowest BCUT2D eigenvalue weighted by atomic mass is 10.3. The molecule has 5 heteroatoms. The van der Waals surface area contributed by atoms with Crippen LogP contribution in [0.2, 0.25) is 0 Å². The molecular formula is C14H18N4O. The van der Waals surface area contributed by atoms with E-state index in [4.69, 9.17) is 0 Å². The summed E-state index contributed by atoms with van der Waals surface area (Å²) in [6, 6.07) is 11.4. The van der Waals surface area contributed by atoms with Crippen molar-refractivity contribution >= 4 is 11.6 Å². The van der Waals surface area contributed by atoms with Gasteiger partial charge in [-0.2, -0.15) is 5.10 Å². The van der Waals surface area contributed by atoms with E-state index in [1.54, 1.807) is 6.20 Å². The van der Waals surface area contributed by atoms with Crippen molar-refractivity contribution in [2.24, 2.45) is 0 Å². The fraction of sp³-hybridized carbons (Fsp3) is 0.286. The average Bonchev–Trinajstić information content (AvgIpc) is 2.92. The van der Waals surface area contributed by atoms with Gasteiger partial charge in [0.05, 0.1) is 6.54 Å². The first kappa shape index (κ1) is 13.3. The van der Waals surface area contributed by atoms with Crippen LogP contribution in [0.1, 0.15) is 6.42 Å². The third kappa shape index (κ3) is 4.93. The SMILES string of the molecule is O=C(CNCCCn1cccn1)Nc1ccccc1. The van der Waals surface area contributed by atoms with Crippen LogP contribution < -0.4 is 10.6 Å². The summed E-state index contributed by atoms with van der Waals surface area (Å²) >= 11 is 0. The molecule has 0 saturated heterocycles. The zero-order chi connectivity index (χ0) is 13.3. The highest BCUT2D eigenvalue weighted by Crippen LogP contribution is 2.03. The van der Waals surface area contributed by atoms with Crippen molar-refractivity contribution in [2.75, 3.05) is 18.4 Å². The normalized spacial score (nSPS) is 10.3. The van der Waals surface area contributed by atoms with Crippen LogP contribution in [0.4, 0.5) is 5.69 Å². The van der Waals surface area contributed by atoms with E-state index in [9.17, 15) is 4.79 Å². The Hall–Kier alpha value is -2.14. The van der Waals surface area contributed by atoms with Gasteiger partial charge in [-0.3, -0.25) is 9.48 Å². The Kier molecular flexibility index (Phi) is 5.13. The lowest BCUT2D eigenvalue weighted by Gasteiger charge is -2.06. The van der Waals surface area contributed by atoms with Gasteiger partial charge in [0, 0.05) is 24.6 Å². The van der Waals surface area contributed by atoms with Crippen molar-refractivity contribution in [3.63, 3.8) is 0 Å². The van der Waals surface area contributed by atoms with E-state index in [-0.39, 0.29) is 5.91 Å². The van der Waals surface area contributed by atoms with Crippen LogP contribution in [-0.2, 0) is 11.3 Å². The Labute approximate surface area is 112 Å². The molecule has 0 fully saturated rings. The number of rotatable bonds is 7.